The number of rotatable bonds is 1. The number of aliphatic hydroxyl groups excluding tert-OH is 1. The van der Waals surface area contributed by atoms with Gasteiger partial charge in [-0.1, -0.05) is 12.7 Å². The Morgan fingerprint density at radius 2 is 1.90 bits per heavy atom. The zero-order chi connectivity index (χ0) is 8.36. The highest BCUT2D eigenvalue weighted by Gasteiger charge is 2.33. The Morgan fingerprint density at radius 3 is 1.90 bits per heavy atom. The molecule has 0 heterocycles. The van der Waals surface area contributed by atoms with Gasteiger partial charge in [0.1, 0.15) is 5.76 Å². The van der Waals surface area contributed by atoms with E-state index < -0.39 is 17.5 Å². The van der Waals surface area contributed by atoms with E-state index >= 15 is 0 Å². The van der Waals surface area contributed by atoms with Gasteiger partial charge in [0.05, 0.1) is 5.57 Å². The van der Waals surface area contributed by atoms with Crippen LogP contribution in [0.15, 0.2) is 24.0 Å². The van der Waals surface area contributed by atoms with Crippen molar-refractivity contribution in [1.29, 1.82) is 0 Å². The summed E-state index contributed by atoms with van der Waals surface area (Å²) in [5, 5.41) is 8.44. The summed E-state index contributed by atoms with van der Waals surface area (Å²) in [6, 6.07) is 0. The molecule has 58 valence electrons. The van der Waals surface area contributed by atoms with Crippen molar-refractivity contribution in [3.8, 4) is 0 Å². The number of halogens is 3. The molecule has 0 radical (unpaired) electrons. The molecule has 0 saturated heterocycles. The molecule has 0 aliphatic rings. The molecular formula is C6H7F3O. The topological polar surface area (TPSA) is 20.2 Å². The van der Waals surface area contributed by atoms with E-state index in [1.165, 1.54) is 0 Å². The van der Waals surface area contributed by atoms with Crippen LogP contribution in [0.1, 0.15) is 6.92 Å². The number of hydrogen-bond donors (Lipinski definition) is 1. The SMILES string of the molecule is C=C/C(=C(/C)O)C(F)(F)F. The summed E-state index contributed by atoms with van der Waals surface area (Å²) in [6.45, 7) is 3.87. The minimum Gasteiger partial charge on any atom is -0.512 e. The highest BCUT2D eigenvalue weighted by atomic mass is 19.4. The fourth-order valence-electron chi connectivity index (χ4n) is 0.469. The van der Waals surface area contributed by atoms with E-state index in [0.29, 0.717) is 6.08 Å². The second-order valence-corrected chi connectivity index (χ2v) is 1.70. The highest BCUT2D eigenvalue weighted by Crippen LogP contribution is 2.27. The standard InChI is InChI=1S/C6H7F3O/c1-3-5(4(2)10)6(7,8)9/h3,10H,1H2,2H3/b5-4+. The van der Waals surface area contributed by atoms with Crippen LogP contribution in [0.5, 0.6) is 0 Å². The van der Waals surface area contributed by atoms with Gasteiger partial charge in [0.2, 0.25) is 0 Å². The van der Waals surface area contributed by atoms with Crippen LogP contribution in [-0.2, 0) is 0 Å². The van der Waals surface area contributed by atoms with Crippen LogP contribution in [0.4, 0.5) is 13.2 Å². The van der Waals surface area contributed by atoms with Gasteiger partial charge in [-0.25, -0.2) is 0 Å². The van der Waals surface area contributed by atoms with Gasteiger partial charge in [0, 0.05) is 0 Å². The Balaban J connectivity index is 4.71. The lowest BCUT2D eigenvalue weighted by molar-refractivity contribution is -0.0907. The Kier molecular flexibility index (Phi) is 2.51. The maximum absolute atomic E-state index is 11.7. The summed E-state index contributed by atoms with van der Waals surface area (Å²) in [5.41, 5.74) is -1.09. The molecule has 1 N–H and O–H groups in total. The predicted octanol–water partition coefficient (Wildman–Crippen LogP) is 2.57. The van der Waals surface area contributed by atoms with Crippen molar-refractivity contribution in [2.24, 2.45) is 0 Å². The molecule has 0 unspecified atom stereocenters. The molecule has 4 heteroatoms. The van der Waals surface area contributed by atoms with Gasteiger partial charge in [0.25, 0.3) is 0 Å². The van der Waals surface area contributed by atoms with Crippen LogP contribution in [0.2, 0.25) is 0 Å². The lowest BCUT2D eigenvalue weighted by atomic mass is 10.2. The molecule has 0 fully saturated rings. The first-order valence-corrected chi connectivity index (χ1v) is 2.49. The van der Waals surface area contributed by atoms with E-state index in [2.05, 4.69) is 6.58 Å². The Hall–Kier alpha value is -0.930. The highest BCUT2D eigenvalue weighted by molar-refractivity contribution is 5.23. The van der Waals surface area contributed by atoms with E-state index in [4.69, 9.17) is 5.11 Å². The minimum absolute atomic E-state index is 0.579. The molecule has 0 aliphatic heterocycles. The minimum atomic E-state index is -4.50. The van der Waals surface area contributed by atoms with Gasteiger partial charge in [-0.05, 0) is 6.92 Å². The molecule has 0 saturated carbocycles. The van der Waals surface area contributed by atoms with Crippen molar-refractivity contribution in [2.45, 2.75) is 13.1 Å². The average molecular weight is 152 g/mol. The van der Waals surface area contributed by atoms with E-state index in [1.807, 2.05) is 0 Å². The number of alkyl halides is 3. The van der Waals surface area contributed by atoms with Crippen LogP contribution in [0, 0.1) is 0 Å². The smallest absolute Gasteiger partial charge is 0.419 e. The molecular weight excluding hydrogens is 145 g/mol. The molecule has 0 aromatic carbocycles. The summed E-state index contributed by atoms with van der Waals surface area (Å²) in [5.74, 6) is -0.762. The predicted molar refractivity (Wildman–Crippen MR) is 31.6 cm³/mol. The molecule has 0 spiro atoms. The van der Waals surface area contributed by atoms with Crippen molar-refractivity contribution in [3.05, 3.63) is 24.0 Å². The normalized spacial score (nSPS) is 14.4. The molecule has 1 nitrogen and oxygen atoms in total. The number of hydrogen-bond acceptors (Lipinski definition) is 1. The van der Waals surface area contributed by atoms with Gasteiger partial charge in [0.15, 0.2) is 0 Å². The first kappa shape index (κ1) is 9.07. The van der Waals surface area contributed by atoms with Gasteiger partial charge < -0.3 is 5.11 Å². The van der Waals surface area contributed by atoms with Gasteiger partial charge in [-0.15, -0.1) is 0 Å². The molecule has 10 heavy (non-hydrogen) atoms. The first-order chi connectivity index (χ1) is 4.39. The number of allylic oxidation sites excluding steroid dienone is 3. The number of aliphatic hydroxyl groups is 1. The Morgan fingerprint density at radius 1 is 1.50 bits per heavy atom. The van der Waals surface area contributed by atoms with Crippen molar-refractivity contribution >= 4 is 0 Å². The maximum Gasteiger partial charge on any atom is 0.419 e. The van der Waals surface area contributed by atoms with E-state index in [9.17, 15) is 13.2 Å². The summed E-state index contributed by atoms with van der Waals surface area (Å²) < 4.78 is 35.0. The lowest BCUT2D eigenvalue weighted by Gasteiger charge is -2.06. The van der Waals surface area contributed by atoms with E-state index in [1.54, 1.807) is 0 Å². The maximum atomic E-state index is 11.7. The zero-order valence-electron chi connectivity index (χ0n) is 5.37. The molecule has 0 aromatic rings. The third kappa shape index (κ3) is 2.13. The zero-order valence-corrected chi connectivity index (χ0v) is 5.37. The van der Waals surface area contributed by atoms with Crippen molar-refractivity contribution < 1.29 is 18.3 Å². The summed E-state index contributed by atoms with van der Waals surface area (Å²) in [4.78, 5) is 0. The average Bonchev–Trinajstić information content (AvgIpc) is 1.60. The van der Waals surface area contributed by atoms with Gasteiger partial charge >= 0.3 is 6.18 Å². The molecule has 0 atom stereocenters. The second-order valence-electron chi connectivity index (χ2n) is 1.70. The fraction of sp³-hybridized carbons (Fsp3) is 0.333. The van der Waals surface area contributed by atoms with E-state index in [-0.39, 0.29) is 0 Å². The largest absolute Gasteiger partial charge is 0.512 e. The summed E-state index contributed by atoms with van der Waals surface area (Å²) in [6.07, 6.45) is -3.92. The molecule has 0 rings (SSSR count). The molecule has 0 aliphatic carbocycles. The fourth-order valence-corrected chi connectivity index (χ4v) is 0.469. The third-order valence-electron chi connectivity index (χ3n) is 0.899. The molecule has 0 amide bonds. The van der Waals surface area contributed by atoms with Crippen LogP contribution in [0.25, 0.3) is 0 Å². The lowest BCUT2D eigenvalue weighted by Crippen LogP contribution is -2.11. The quantitative estimate of drug-likeness (QED) is 0.452. The Bertz CT molecular complexity index is 162. The third-order valence-corrected chi connectivity index (χ3v) is 0.899. The second kappa shape index (κ2) is 2.77. The monoisotopic (exact) mass is 152 g/mol. The van der Waals surface area contributed by atoms with E-state index in [0.717, 1.165) is 6.92 Å². The summed E-state index contributed by atoms with van der Waals surface area (Å²) >= 11 is 0. The van der Waals surface area contributed by atoms with Gasteiger partial charge in [-0.2, -0.15) is 13.2 Å². The summed E-state index contributed by atoms with van der Waals surface area (Å²) in [7, 11) is 0. The van der Waals surface area contributed by atoms with Crippen LogP contribution in [-0.4, -0.2) is 11.3 Å². The molecule has 0 bridgehead atoms. The van der Waals surface area contributed by atoms with Crippen LogP contribution in [0.3, 0.4) is 0 Å². The van der Waals surface area contributed by atoms with Crippen molar-refractivity contribution in [1.82, 2.24) is 0 Å². The first-order valence-electron chi connectivity index (χ1n) is 2.49. The van der Waals surface area contributed by atoms with Crippen molar-refractivity contribution in [2.75, 3.05) is 0 Å². The Labute approximate surface area is 56.5 Å². The van der Waals surface area contributed by atoms with Gasteiger partial charge in [-0.3, -0.25) is 0 Å². The van der Waals surface area contributed by atoms with Crippen LogP contribution < -0.4 is 0 Å². The van der Waals surface area contributed by atoms with Crippen LogP contribution >= 0.6 is 0 Å². The molecule has 0 aromatic heterocycles. The van der Waals surface area contributed by atoms with Crippen molar-refractivity contribution in [3.63, 3.8) is 0 Å².